The zero-order chi connectivity index (χ0) is 25.6. The molecule has 0 aliphatic heterocycles. The van der Waals surface area contributed by atoms with Crippen LogP contribution in [0.4, 0.5) is 14.5 Å². The van der Waals surface area contributed by atoms with Crippen molar-refractivity contribution in [3.63, 3.8) is 0 Å². The number of carbonyl (C=O) groups is 1. The van der Waals surface area contributed by atoms with Crippen molar-refractivity contribution in [3.05, 3.63) is 77.4 Å². The molecule has 0 heterocycles. The average molecular weight is 507 g/mol. The van der Waals surface area contributed by atoms with E-state index in [1.165, 1.54) is 57.7 Å². The highest BCUT2D eigenvalue weighted by Gasteiger charge is 2.19. The Morgan fingerprint density at radius 3 is 2.20 bits per heavy atom. The van der Waals surface area contributed by atoms with Gasteiger partial charge in [0, 0.05) is 23.7 Å². The van der Waals surface area contributed by atoms with Crippen molar-refractivity contribution in [2.45, 2.75) is 11.3 Å². The number of amides is 1. The lowest BCUT2D eigenvalue weighted by atomic mass is 10.0. The van der Waals surface area contributed by atoms with Gasteiger partial charge in [-0.1, -0.05) is 6.07 Å². The number of benzene rings is 3. The molecule has 2 N–H and O–H groups in total. The number of ether oxygens (including phenoxy) is 3. The normalized spacial score (nSPS) is 11.1. The molecule has 3 rings (SSSR count). The lowest BCUT2D eigenvalue weighted by molar-refractivity contribution is -0.115. The van der Waals surface area contributed by atoms with E-state index in [2.05, 4.69) is 10.0 Å². The Bertz CT molecular complexity index is 1310. The van der Waals surface area contributed by atoms with Crippen LogP contribution in [0, 0.1) is 11.6 Å². The van der Waals surface area contributed by atoms with Crippen molar-refractivity contribution < 1.29 is 36.2 Å². The number of hydrogen-bond donors (Lipinski definition) is 2. The van der Waals surface area contributed by atoms with Crippen molar-refractivity contribution in [1.82, 2.24) is 4.72 Å². The summed E-state index contributed by atoms with van der Waals surface area (Å²) < 4.78 is 71.2. The van der Waals surface area contributed by atoms with Gasteiger partial charge >= 0.3 is 0 Å². The van der Waals surface area contributed by atoms with E-state index in [9.17, 15) is 22.0 Å². The highest BCUT2D eigenvalue weighted by molar-refractivity contribution is 7.89. The maximum absolute atomic E-state index is 14.2. The molecule has 0 unspecified atom stereocenters. The van der Waals surface area contributed by atoms with Gasteiger partial charge in [-0.05, 0) is 48.0 Å². The van der Waals surface area contributed by atoms with E-state index in [0.717, 1.165) is 12.1 Å². The molecule has 11 heteroatoms. The van der Waals surface area contributed by atoms with Gasteiger partial charge in [0.05, 0.1) is 32.8 Å². The van der Waals surface area contributed by atoms with Crippen LogP contribution in [0.5, 0.6) is 17.2 Å². The highest BCUT2D eigenvalue weighted by Crippen LogP contribution is 2.29. The highest BCUT2D eigenvalue weighted by atomic mass is 32.2. The van der Waals surface area contributed by atoms with E-state index in [-0.39, 0.29) is 28.3 Å². The first-order chi connectivity index (χ1) is 16.7. The van der Waals surface area contributed by atoms with Gasteiger partial charge in [-0.25, -0.2) is 21.9 Å². The van der Waals surface area contributed by atoms with Crippen molar-refractivity contribution in [1.29, 1.82) is 0 Å². The number of methoxy groups -OCH3 is 3. The quantitative estimate of drug-likeness (QED) is 0.436. The third-order valence-electron chi connectivity index (χ3n) is 5.10. The summed E-state index contributed by atoms with van der Waals surface area (Å²) in [4.78, 5) is 12.4. The number of nitrogens with one attached hydrogen (secondary N) is 2. The zero-order valence-electron chi connectivity index (χ0n) is 19.2. The maximum atomic E-state index is 14.2. The van der Waals surface area contributed by atoms with Gasteiger partial charge in [0.25, 0.3) is 0 Å². The molecular weight excluding hydrogens is 482 g/mol. The monoisotopic (exact) mass is 506 g/mol. The lowest BCUT2D eigenvalue weighted by Gasteiger charge is -2.14. The molecule has 3 aromatic carbocycles. The molecule has 0 radical (unpaired) electrons. The molecule has 0 bridgehead atoms. The first kappa shape index (κ1) is 25.9. The molecule has 0 fully saturated rings. The van der Waals surface area contributed by atoms with Gasteiger partial charge in [-0.2, -0.15) is 0 Å². The van der Waals surface area contributed by atoms with Gasteiger partial charge in [0.1, 0.15) is 17.4 Å². The van der Waals surface area contributed by atoms with E-state index in [0.29, 0.717) is 17.1 Å². The van der Waals surface area contributed by atoms with Crippen LogP contribution in [0.2, 0.25) is 0 Å². The summed E-state index contributed by atoms with van der Waals surface area (Å²) in [6.07, 6.45) is -0.164. The van der Waals surface area contributed by atoms with E-state index >= 15 is 0 Å². The summed E-state index contributed by atoms with van der Waals surface area (Å²) in [5, 5.41) is 2.57. The van der Waals surface area contributed by atoms with Crippen molar-refractivity contribution in [2.75, 3.05) is 33.2 Å². The summed E-state index contributed by atoms with van der Waals surface area (Å²) in [6.45, 7) is -0.587. The number of anilines is 1. The van der Waals surface area contributed by atoms with Crippen LogP contribution in [0.25, 0.3) is 0 Å². The topological polar surface area (TPSA) is 103 Å². The summed E-state index contributed by atoms with van der Waals surface area (Å²) in [6, 6.07) is 12.1. The fraction of sp³-hybridized carbons (Fsp3) is 0.208. The predicted octanol–water partition coefficient (Wildman–Crippen LogP) is 3.50. The molecule has 0 aromatic heterocycles. The minimum absolute atomic E-state index is 0.122. The first-order valence-electron chi connectivity index (χ1n) is 10.3. The molecule has 0 saturated carbocycles. The van der Waals surface area contributed by atoms with Crippen molar-refractivity contribution in [3.8, 4) is 17.2 Å². The minimum atomic E-state index is -4.05. The van der Waals surface area contributed by atoms with Gasteiger partial charge < -0.3 is 19.5 Å². The van der Waals surface area contributed by atoms with Crippen LogP contribution < -0.4 is 24.2 Å². The lowest BCUT2D eigenvalue weighted by Crippen LogP contribution is -2.33. The summed E-state index contributed by atoms with van der Waals surface area (Å²) in [5.74, 6) is -1.16. The molecule has 3 aromatic rings. The molecule has 0 spiro atoms. The Kier molecular flexibility index (Phi) is 8.26. The first-order valence-corrected chi connectivity index (χ1v) is 11.8. The van der Waals surface area contributed by atoms with Crippen LogP contribution in [-0.4, -0.2) is 42.2 Å². The maximum Gasteiger partial charge on any atom is 0.241 e. The van der Waals surface area contributed by atoms with Crippen LogP contribution in [-0.2, 0) is 21.2 Å². The second-order valence-electron chi connectivity index (χ2n) is 7.29. The largest absolute Gasteiger partial charge is 0.497 e. The molecule has 1 amide bonds. The van der Waals surface area contributed by atoms with Crippen LogP contribution in [0.3, 0.4) is 0 Å². The van der Waals surface area contributed by atoms with E-state index < -0.39 is 34.1 Å². The van der Waals surface area contributed by atoms with Crippen LogP contribution >= 0.6 is 0 Å². The molecule has 0 saturated heterocycles. The predicted molar refractivity (Wildman–Crippen MR) is 126 cm³/mol. The molecule has 0 aliphatic rings. The van der Waals surface area contributed by atoms with Gasteiger partial charge in [-0.15, -0.1) is 0 Å². The number of sulfonamides is 1. The van der Waals surface area contributed by atoms with Crippen LogP contribution in [0.1, 0.15) is 11.1 Å². The minimum Gasteiger partial charge on any atom is -0.497 e. The SMILES string of the molecule is COc1ccc(NC(=O)CNS(=O)(=O)c2ccc(OC)c(OC)c2)c(Cc2c(F)cccc2F)c1. The van der Waals surface area contributed by atoms with Crippen molar-refractivity contribution in [2.24, 2.45) is 0 Å². The zero-order valence-corrected chi connectivity index (χ0v) is 20.0. The molecule has 35 heavy (non-hydrogen) atoms. The third kappa shape index (κ3) is 6.25. The van der Waals surface area contributed by atoms with Crippen molar-refractivity contribution >= 4 is 21.6 Å². The molecule has 0 atom stereocenters. The summed E-state index contributed by atoms with van der Waals surface area (Å²) in [7, 11) is 0.172. The smallest absolute Gasteiger partial charge is 0.241 e. The van der Waals surface area contributed by atoms with Gasteiger partial charge in [0.15, 0.2) is 11.5 Å². The standard InChI is InChI=1S/C24H24F2N2O6S/c1-32-16-7-9-21(15(11-16)12-18-19(25)5-4-6-20(18)26)28-24(29)14-27-35(30,31)17-8-10-22(33-2)23(13-17)34-3/h4-11,13,27H,12,14H2,1-3H3,(H,28,29). The second-order valence-corrected chi connectivity index (χ2v) is 9.06. The number of hydrogen-bond acceptors (Lipinski definition) is 6. The molecule has 8 nitrogen and oxygen atoms in total. The number of carbonyl (C=O) groups excluding carboxylic acids is 1. The summed E-state index contributed by atoms with van der Waals surface area (Å²) >= 11 is 0. The number of halogens is 2. The number of rotatable bonds is 10. The molecule has 0 aliphatic carbocycles. The fourth-order valence-electron chi connectivity index (χ4n) is 3.28. The Morgan fingerprint density at radius 2 is 1.57 bits per heavy atom. The van der Waals surface area contributed by atoms with E-state index in [1.807, 2.05) is 0 Å². The Morgan fingerprint density at radius 1 is 0.886 bits per heavy atom. The summed E-state index contributed by atoms with van der Waals surface area (Å²) in [5.41, 5.74) is 0.457. The molecular formula is C24H24F2N2O6S. The van der Waals surface area contributed by atoms with E-state index in [4.69, 9.17) is 14.2 Å². The molecule has 186 valence electrons. The second kappa shape index (κ2) is 11.2. The third-order valence-corrected chi connectivity index (χ3v) is 6.50. The van der Waals surface area contributed by atoms with Gasteiger partial charge in [-0.3, -0.25) is 4.79 Å². The van der Waals surface area contributed by atoms with E-state index in [1.54, 1.807) is 6.07 Å². The van der Waals surface area contributed by atoms with Gasteiger partial charge in [0.2, 0.25) is 15.9 Å². The fourth-order valence-corrected chi connectivity index (χ4v) is 4.28. The van der Waals surface area contributed by atoms with Crippen LogP contribution in [0.15, 0.2) is 59.5 Å². The Hall–Kier alpha value is -3.70. The Balaban J connectivity index is 1.76. The Labute approximate surface area is 201 Å². The average Bonchev–Trinajstić information content (AvgIpc) is 2.85.